The summed E-state index contributed by atoms with van der Waals surface area (Å²) in [5.74, 6) is -0.786. The summed E-state index contributed by atoms with van der Waals surface area (Å²) < 4.78 is 5.05. The number of carbonyl (C=O) groups is 1. The SMILES string of the molecule is COc1cc(C)c(C(N)C(=O)O)c(O)c1C. The highest BCUT2D eigenvalue weighted by atomic mass is 16.5. The van der Waals surface area contributed by atoms with E-state index in [-0.39, 0.29) is 11.3 Å². The first-order valence-electron chi connectivity index (χ1n) is 4.75. The van der Waals surface area contributed by atoms with Crippen molar-refractivity contribution in [3.63, 3.8) is 0 Å². The average Bonchev–Trinajstić information content (AvgIpc) is 2.23. The molecule has 0 fully saturated rings. The van der Waals surface area contributed by atoms with Crippen molar-refractivity contribution in [1.82, 2.24) is 0 Å². The summed E-state index contributed by atoms with van der Waals surface area (Å²) in [5.41, 5.74) is 6.81. The Labute approximate surface area is 93.5 Å². The van der Waals surface area contributed by atoms with Gasteiger partial charge in [0.1, 0.15) is 17.5 Å². The Hall–Kier alpha value is -1.75. The zero-order valence-electron chi connectivity index (χ0n) is 9.44. The predicted molar refractivity (Wildman–Crippen MR) is 58.7 cm³/mol. The van der Waals surface area contributed by atoms with Gasteiger partial charge in [0.05, 0.1) is 7.11 Å². The van der Waals surface area contributed by atoms with Crippen LogP contribution in [0.25, 0.3) is 0 Å². The maximum atomic E-state index is 10.8. The van der Waals surface area contributed by atoms with Crippen molar-refractivity contribution in [2.24, 2.45) is 5.73 Å². The maximum Gasteiger partial charge on any atom is 0.325 e. The molecule has 4 N–H and O–H groups in total. The molecule has 0 spiro atoms. The minimum absolute atomic E-state index is 0.119. The fourth-order valence-electron chi connectivity index (χ4n) is 1.62. The van der Waals surface area contributed by atoms with Crippen LogP contribution in [0.3, 0.4) is 0 Å². The monoisotopic (exact) mass is 225 g/mol. The smallest absolute Gasteiger partial charge is 0.325 e. The van der Waals surface area contributed by atoms with E-state index in [1.807, 2.05) is 0 Å². The van der Waals surface area contributed by atoms with Gasteiger partial charge in [-0.3, -0.25) is 4.79 Å². The lowest BCUT2D eigenvalue weighted by molar-refractivity contribution is -0.138. The number of phenols is 1. The zero-order valence-corrected chi connectivity index (χ0v) is 9.44. The number of carboxylic acids is 1. The van der Waals surface area contributed by atoms with Crippen LogP contribution in [0, 0.1) is 13.8 Å². The second kappa shape index (κ2) is 4.40. The van der Waals surface area contributed by atoms with Crippen molar-refractivity contribution >= 4 is 5.97 Å². The van der Waals surface area contributed by atoms with Crippen LogP contribution < -0.4 is 10.5 Å². The molecule has 1 aromatic rings. The number of methoxy groups -OCH3 is 1. The normalized spacial score (nSPS) is 12.2. The summed E-state index contributed by atoms with van der Waals surface area (Å²) in [6.45, 7) is 3.32. The Morgan fingerprint density at radius 3 is 2.50 bits per heavy atom. The highest BCUT2D eigenvalue weighted by molar-refractivity contribution is 5.77. The first-order chi connectivity index (χ1) is 7.40. The zero-order chi connectivity index (χ0) is 12.5. The van der Waals surface area contributed by atoms with E-state index in [2.05, 4.69) is 0 Å². The van der Waals surface area contributed by atoms with Gasteiger partial charge in [0.15, 0.2) is 0 Å². The standard InChI is InChI=1S/C11H15NO4/c1-5-4-7(16-3)6(2)10(13)8(5)9(12)11(14)15/h4,9,13H,12H2,1-3H3,(H,14,15). The van der Waals surface area contributed by atoms with Crippen LogP contribution in [0.15, 0.2) is 6.07 Å². The molecule has 0 aliphatic rings. The number of nitrogens with two attached hydrogens (primary N) is 1. The fourth-order valence-corrected chi connectivity index (χ4v) is 1.62. The first-order valence-corrected chi connectivity index (χ1v) is 4.75. The molecule has 0 saturated carbocycles. The van der Waals surface area contributed by atoms with Gasteiger partial charge in [-0.15, -0.1) is 0 Å². The Kier molecular flexibility index (Phi) is 3.39. The molecular weight excluding hydrogens is 210 g/mol. The lowest BCUT2D eigenvalue weighted by Crippen LogP contribution is -2.22. The van der Waals surface area contributed by atoms with Gasteiger partial charge in [-0.2, -0.15) is 0 Å². The van der Waals surface area contributed by atoms with Crippen LogP contribution in [0.5, 0.6) is 11.5 Å². The van der Waals surface area contributed by atoms with Gasteiger partial charge >= 0.3 is 5.97 Å². The maximum absolute atomic E-state index is 10.8. The van der Waals surface area contributed by atoms with E-state index < -0.39 is 12.0 Å². The number of rotatable bonds is 3. The van der Waals surface area contributed by atoms with Gasteiger partial charge in [-0.05, 0) is 25.5 Å². The van der Waals surface area contributed by atoms with Crippen molar-refractivity contribution < 1.29 is 19.7 Å². The topological polar surface area (TPSA) is 92.8 Å². The predicted octanol–water partition coefficient (Wildman–Crippen LogP) is 1.10. The quantitative estimate of drug-likeness (QED) is 0.716. The summed E-state index contributed by atoms with van der Waals surface area (Å²) in [7, 11) is 1.48. The van der Waals surface area contributed by atoms with Crippen LogP contribution in [0.2, 0.25) is 0 Å². The molecule has 88 valence electrons. The lowest BCUT2D eigenvalue weighted by Gasteiger charge is -2.16. The second-order valence-electron chi connectivity index (χ2n) is 3.60. The summed E-state index contributed by atoms with van der Waals surface area (Å²) in [5, 5.41) is 18.7. The number of hydrogen-bond acceptors (Lipinski definition) is 4. The molecule has 0 amide bonds. The number of ether oxygens (including phenoxy) is 1. The number of hydrogen-bond donors (Lipinski definition) is 3. The van der Waals surface area contributed by atoms with Crippen molar-refractivity contribution in [3.8, 4) is 11.5 Å². The molecule has 5 heteroatoms. The van der Waals surface area contributed by atoms with E-state index in [0.717, 1.165) is 0 Å². The molecule has 1 atom stereocenters. The van der Waals surface area contributed by atoms with E-state index in [1.165, 1.54) is 7.11 Å². The van der Waals surface area contributed by atoms with Crippen molar-refractivity contribution in [2.75, 3.05) is 7.11 Å². The first kappa shape index (κ1) is 12.3. The van der Waals surface area contributed by atoms with Gasteiger partial charge in [-0.1, -0.05) is 0 Å². The molecule has 16 heavy (non-hydrogen) atoms. The van der Waals surface area contributed by atoms with E-state index >= 15 is 0 Å². The largest absolute Gasteiger partial charge is 0.507 e. The van der Waals surface area contributed by atoms with Crippen LogP contribution in [0.4, 0.5) is 0 Å². The van der Waals surface area contributed by atoms with Gasteiger partial charge in [0.2, 0.25) is 0 Å². The lowest BCUT2D eigenvalue weighted by atomic mass is 9.97. The second-order valence-corrected chi connectivity index (χ2v) is 3.60. The van der Waals surface area contributed by atoms with E-state index in [9.17, 15) is 9.90 Å². The number of aryl methyl sites for hydroxylation is 1. The van der Waals surface area contributed by atoms with Gasteiger partial charge in [-0.25, -0.2) is 0 Å². The molecule has 0 aliphatic heterocycles. The third kappa shape index (κ3) is 1.94. The molecule has 0 bridgehead atoms. The molecular formula is C11H15NO4. The summed E-state index contributed by atoms with van der Waals surface area (Å²) in [4.78, 5) is 10.8. The number of carboxylic acid groups (broad SMARTS) is 1. The van der Waals surface area contributed by atoms with Crippen molar-refractivity contribution in [2.45, 2.75) is 19.9 Å². The number of aliphatic carboxylic acids is 1. The molecule has 0 radical (unpaired) electrons. The highest BCUT2D eigenvalue weighted by Crippen LogP contribution is 2.36. The molecule has 1 unspecified atom stereocenters. The molecule has 1 rings (SSSR count). The van der Waals surface area contributed by atoms with E-state index in [4.69, 9.17) is 15.6 Å². The van der Waals surface area contributed by atoms with Crippen LogP contribution >= 0.6 is 0 Å². The number of benzene rings is 1. The van der Waals surface area contributed by atoms with Crippen molar-refractivity contribution in [3.05, 3.63) is 22.8 Å². The molecule has 0 aliphatic carbocycles. The molecule has 0 heterocycles. The number of phenolic OH excluding ortho intramolecular Hbond substituents is 1. The summed E-state index contributed by atoms with van der Waals surface area (Å²) in [6.07, 6.45) is 0. The van der Waals surface area contributed by atoms with Crippen LogP contribution in [0.1, 0.15) is 22.7 Å². The van der Waals surface area contributed by atoms with E-state index in [0.29, 0.717) is 16.9 Å². The van der Waals surface area contributed by atoms with Crippen molar-refractivity contribution in [1.29, 1.82) is 0 Å². The third-order valence-electron chi connectivity index (χ3n) is 2.55. The average molecular weight is 225 g/mol. The minimum Gasteiger partial charge on any atom is -0.507 e. The Balaban J connectivity index is 3.41. The fraction of sp³-hybridized carbons (Fsp3) is 0.364. The summed E-state index contributed by atoms with van der Waals surface area (Å²) >= 11 is 0. The minimum atomic E-state index is -1.23. The molecule has 5 nitrogen and oxygen atoms in total. The van der Waals surface area contributed by atoms with Crippen LogP contribution in [-0.2, 0) is 4.79 Å². The number of aromatic hydroxyl groups is 1. The van der Waals surface area contributed by atoms with E-state index in [1.54, 1.807) is 19.9 Å². The highest BCUT2D eigenvalue weighted by Gasteiger charge is 2.23. The van der Waals surface area contributed by atoms with Gasteiger partial charge in [0.25, 0.3) is 0 Å². The van der Waals surface area contributed by atoms with Crippen LogP contribution in [-0.4, -0.2) is 23.3 Å². The van der Waals surface area contributed by atoms with Gasteiger partial charge < -0.3 is 20.7 Å². The van der Waals surface area contributed by atoms with Gasteiger partial charge in [0, 0.05) is 11.1 Å². The Bertz CT molecular complexity index is 428. The molecule has 0 aromatic heterocycles. The molecule has 0 saturated heterocycles. The Morgan fingerprint density at radius 2 is 2.06 bits per heavy atom. The summed E-state index contributed by atoms with van der Waals surface area (Å²) in [6, 6.07) is 0.428. The Morgan fingerprint density at radius 1 is 1.50 bits per heavy atom. The third-order valence-corrected chi connectivity index (χ3v) is 2.55. The molecule has 1 aromatic carbocycles.